The Hall–Kier alpha value is -4.63. The third-order valence-corrected chi connectivity index (χ3v) is 9.80. The van der Waals surface area contributed by atoms with Gasteiger partial charge in [0.2, 0.25) is 5.91 Å². The Morgan fingerprint density at radius 1 is 0.895 bits per heavy atom. The van der Waals surface area contributed by atoms with Crippen LogP contribution in [0, 0.1) is 38.3 Å². The average Bonchev–Trinajstić information content (AvgIpc) is 3.03. The van der Waals surface area contributed by atoms with Crippen LogP contribution in [0.1, 0.15) is 105 Å². The summed E-state index contributed by atoms with van der Waals surface area (Å²) in [6.07, 6.45) is -5.53. The zero-order valence-electron chi connectivity index (χ0n) is 33.9. The lowest BCUT2D eigenvalue weighted by atomic mass is 9.90. The summed E-state index contributed by atoms with van der Waals surface area (Å²) in [5.41, 5.74) is -1.91. The van der Waals surface area contributed by atoms with Crippen molar-refractivity contribution in [2.75, 3.05) is 19.6 Å². The number of pyridine rings is 1. The number of ether oxygens (including phenoxy) is 1. The van der Waals surface area contributed by atoms with Gasteiger partial charge in [0.1, 0.15) is 28.9 Å². The number of aryl methyl sites for hydroxylation is 3. The summed E-state index contributed by atoms with van der Waals surface area (Å²) in [4.78, 5) is 55.3. The molecule has 2 atom stereocenters. The molecule has 57 heavy (non-hydrogen) atoms. The number of rotatable bonds is 14. The first-order chi connectivity index (χ1) is 26.3. The van der Waals surface area contributed by atoms with E-state index in [1.807, 2.05) is 27.7 Å². The predicted octanol–water partition coefficient (Wildman–Crippen LogP) is 7.49. The number of carbonyl (C=O) groups excluding carboxylic acids is 2. The molecule has 1 aliphatic rings. The standard InChI is InChI=1S/C42H53F5N4O6/c1-23(2)15-32(38(55)48-31(20-34(52)53)30-19-27(16-26(5)36(30)44)35-24(3)17-28(43)18-25(35)4)49-37(54)29-11-12-33(42(45,46)47)51(39(29)56)14-10-13-50-21-40(6,7)57-41(8,9)22-50/h11-12,16-19,23,31-32H,10,13-15,20-22H2,1-9H3,(H,48,55)(H,49,54)(H,52,53)/t31-,32-/m0/s1. The molecular formula is C42H53F5N4O6. The minimum absolute atomic E-state index is 0.0199. The number of aromatic nitrogens is 1. The molecule has 0 spiro atoms. The highest BCUT2D eigenvalue weighted by Crippen LogP contribution is 2.34. The van der Waals surface area contributed by atoms with E-state index in [1.54, 1.807) is 27.7 Å². The van der Waals surface area contributed by atoms with E-state index in [0.29, 0.717) is 52.5 Å². The van der Waals surface area contributed by atoms with Crippen molar-refractivity contribution >= 4 is 17.8 Å². The molecule has 3 N–H and O–H groups in total. The summed E-state index contributed by atoms with van der Waals surface area (Å²) in [5.74, 6) is -4.87. The van der Waals surface area contributed by atoms with Crippen LogP contribution in [-0.2, 0) is 27.0 Å². The number of carboxylic acid groups (broad SMARTS) is 1. The Balaban J connectivity index is 1.63. The molecule has 4 rings (SSSR count). The number of aliphatic carboxylic acids is 1. The monoisotopic (exact) mass is 804 g/mol. The molecule has 2 amide bonds. The van der Waals surface area contributed by atoms with Gasteiger partial charge in [-0.2, -0.15) is 13.2 Å². The highest BCUT2D eigenvalue weighted by Gasteiger charge is 2.39. The maximum absolute atomic E-state index is 15.8. The van der Waals surface area contributed by atoms with Crippen LogP contribution >= 0.6 is 0 Å². The fraction of sp³-hybridized carbons (Fsp3) is 0.524. The minimum atomic E-state index is -4.91. The van der Waals surface area contributed by atoms with Crippen LogP contribution in [0.25, 0.3) is 11.1 Å². The van der Waals surface area contributed by atoms with Crippen molar-refractivity contribution in [1.29, 1.82) is 0 Å². The molecule has 0 aliphatic carbocycles. The van der Waals surface area contributed by atoms with Crippen LogP contribution in [0.15, 0.2) is 41.2 Å². The zero-order valence-corrected chi connectivity index (χ0v) is 33.9. The van der Waals surface area contributed by atoms with E-state index in [1.165, 1.54) is 31.2 Å². The summed E-state index contributed by atoms with van der Waals surface area (Å²) in [6, 6.07) is 4.14. The third kappa shape index (κ3) is 11.5. The summed E-state index contributed by atoms with van der Waals surface area (Å²) >= 11 is 0. The second-order valence-electron chi connectivity index (χ2n) is 16.7. The highest BCUT2D eigenvalue weighted by atomic mass is 19.4. The van der Waals surface area contributed by atoms with E-state index in [-0.39, 0.29) is 36.4 Å². The summed E-state index contributed by atoms with van der Waals surface area (Å²) in [5, 5.41) is 14.8. The molecule has 0 bridgehead atoms. The first-order valence-corrected chi connectivity index (χ1v) is 18.9. The second-order valence-corrected chi connectivity index (χ2v) is 16.7. The Morgan fingerprint density at radius 3 is 2.04 bits per heavy atom. The van der Waals surface area contributed by atoms with Crippen LogP contribution in [0.5, 0.6) is 0 Å². The third-order valence-electron chi connectivity index (χ3n) is 9.80. The van der Waals surface area contributed by atoms with E-state index in [4.69, 9.17) is 4.74 Å². The molecule has 0 saturated carbocycles. The molecule has 312 valence electrons. The van der Waals surface area contributed by atoms with Crippen LogP contribution in [-0.4, -0.2) is 69.2 Å². The predicted molar refractivity (Wildman–Crippen MR) is 206 cm³/mol. The maximum atomic E-state index is 15.8. The number of carboxylic acids is 1. The Labute approximate surface area is 329 Å². The quantitative estimate of drug-likeness (QED) is 0.144. The number of carbonyl (C=O) groups is 3. The van der Waals surface area contributed by atoms with Gasteiger partial charge in [0, 0.05) is 31.7 Å². The number of amides is 2. The molecule has 1 aliphatic heterocycles. The van der Waals surface area contributed by atoms with Crippen molar-refractivity contribution in [3.63, 3.8) is 0 Å². The Bertz CT molecular complexity index is 2020. The van der Waals surface area contributed by atoms with Gasteiger partial charge in [0.05, 0.1) is 23.7 Å². The molecule has 1 aromatic heterocycles. The minimum Gasteiger partial charge on any atom is -0.481 e. The first kappa shape index (κ1) is 45.1. The van der Waals surface area contributed by atoms with Crippen LogP contribution in [0.3, 0.4) is 0 Å². The van der Waals surface area contributed by atoms with Crippen molar-refractivity contribution in [3.8, 4) is 11.1 Å². The maximum Gasteiger partial charge on any atom is 0.431 e. The van der Waals surface area contributed by atoms with E-state index in [9.17, 15) is 41.8 Å². The van der Waals surface area contributed by atoms with E-state index >= 15 is 4.39 Å². The van der Waals surface area contributed by atoms with Gasteiger partial charge in [-0.05, 0) is 131 Å². The zero-order chi connectivity index (χ0) is 42.8. The summed E-state index contributed by atoms with van der Waals surface area (Å²) in [6.45, 7) is 17.0. The SMILES string of the molecule is Cc1cc(-c2c(C)cc(F)cc2C)cc([C@H](CC(=O)O)NC(=O)[C@H](CC(C)C)NC(=O)c2ccc(C(F)(F)F)n(CCCN3CC(C)(C)OC(C)(C)C3)c2=O)c1F. The lowest BCUT2D eigenvalue weighted by Gasteiger charge is -2.47. The van der Waals surface area contributed by atoms with Crippen molar-refractivity contribution in [3.05, 3.63) is 91.9 Å². The van der Waals surface area contributed by atoms with Crippen molar-refractivity contribution in [2.24, 2.45) is 5.92 Å². The smallest absolute Gasteiger partial charge is 0.431 e. The molecule has 10 nitrogen and oxygen atoms in total. The van der Waals surface area contributed by atoms with Crippen LogP contribution in [0.4, 0.5) is 22.0 Å². The number of morpholine rings is 1. The van der Waals surface area contributed by atoms with Crippen molar-refractivity contribution in [2.45, 2.75) is 118 Å². The van der Waals surface area contributed by atoms with Gasteiger partial charge in [-0.15, -0.1) is 0 Å². The largest absolute Gasteiger partial charge is 0.481 e. The number of nitrogens with one attached hydrogen (secondary N) is 2. The highest BCUT2D eigenvalue weighted by molar-refractivity contribution is 5.97. The van der Waals surface area contributed by atoms with Gasteiger partial charge in [-0.25, -0.2) is 8.78 Å². The lowest BCUT2D eigenvalue weighted by Crippen LogP contribution is -2.57. The Kier molecular flexibility index (Phi) is 13.8. The van der Waals surface area contributed by atoms with Gasteiger partial charge in [-0.1, -0.05) is 13.8 Å². The molecule has 0 radical (unpaired) electrons. The van der Waals surface area contributed by atoms with E-state index < -0.39 is 82.1 Å². The normalized spacial score (nSPS) is 16.6. The van der Waals surface area contributed by atoms with E-state index in [2.05, 4.69) is 15.5 Å². The average molecular weight is 805 g/mol. The van der Waals surface area contributed by atoms with Crippen LogP contribution in [0.2, 0.25) is 0 Å². The number of hydrogen-bond donors (Lipinski definition) is 3. The Morgan fingerprint density at radius 2 is 1.49 bits per heavy atom. The van der Waals surface area contributed by atoms with Crippen molar-refractivity contribution in [1.82, 2.24) is 20.1 Å². The van der Waals surface area contributed by atoms with Crippen molar-refractivity contribution < 1.29 is 46.2 Å². The first-order valence-electron chi connectivity index (χ1n) is 18.9. The fourth-order valence-electron chi connectivity index (χ4n) is 7.96. The van der Waals surface area contributed by atoms with Gasteiger partial charge >= 0.3 is 12.1 Å². The topological polar surface area (TPSA) is 130 Å². The molecule has 15 heteroatoms. The number of nitrogens with zero attached hydrogens (tertiary/aromatic N) is 2. The molecule has 2 aromatic carbocycles. The van der Waals surface area contributed by atoms with E-state index in [0.717, 1.165) is 6.07 Å². The lowest BCUT2D eigenvalue weighted by molar-refractivity contribution is -0.180. The number of hydrogen-bond acceptors (Lipinski definition) is 6. The van der Waals surface area contributed by atoms with Gasteiger partial charge in [-0.3, -0.25) is 24.1 Å². The summed E-state index contributed by atoms with van der Waals surface area (Å²) < 4.78 is 79.0. The van der Waals surface area contributed by atoms with Gasteiger partial charge in [0.15, 0.2) is 0 Å². The molecule has 2 heterocycles. The number of halogens is 5. The van der Waals surface area contributed by atoms with Gasteiger partial charge < -0.3 is 25.0 Å². The van der Waals surface area contributed by atoms with Gasteiger partial charge in [0.25, 0.3) is 11.5 Å². The number of alkyl halides is 3. The number of benzene rings is 2. The molecule has 1 fully saturated rings. The van der Waals surface area contributed by atoms with Crippen LogP contribution < -0.4 is 16.2 Å². The molecule has 3 aromatic rings. The summed E-state index contributed by atoms with van der Waals surface area (Å²) in [7, 11) is 0. The molecule has 0 unspecified atom stereocenters. The second kappa shape index (κ2) is 17.5. The molecular weight excluding hydrogens is 751 g/mol. The fourth-order valence-corrected chi connectivity index (χ4v) is 7.96. The molecule has 1 saturated heterocycles.